The van der Waals surface area contributed by atoms with Gasteiger partial charge in [0.05, 0.1) is 6.54 Å². The van der Waals surface area contributed by atoms with Crippen molar-refractivity contribution >= 4 is 17.7 Å². The minimum Gasteiger partial charge on any atom is -0.484 e. The van der Waals surface area contributed by atoms with Crippen LogP contribution in [0.15, 0.2) is 24.3 Å². The highest BCUT2D eigenvalue weighted by Gasteiger charge is 2.15. The van der Waals surface area contributed by atoms with Crippen LogP contribution < -0.4 is 21.1 Å². The summed E-state index contributed by atoms with van der Waals surface area (Å²) >= 11 is 0. The van der Waals surface area contributed by atoms with E-state index in [1.165, 1.54) is 12.8 Å². The van der Waals surface area contributed by atoms with Crippen LogP contribution in [0, 0.1) is 0 Å². The molecule has 0 bridgehead atoms. The van der Waals surface area contributed by atoms with Gasteiger partial charge in [0.2, 0.25) is 5.91 Å². The Balaban J connectivity index is 1.75. The van der Waals surface area contributed by atoms with E-state index in [9.17, 15) is 14.4 Å². The van der Waals surface area contributed by atoms with E-state index in [1.54, 1.807) is 24.3 Å². The van der Waals surface area contributed by atoms with E-state index in [-0.39, 0.29) is 25.1 Å². The van der Waals surface area contributed by atoms with Gasteiger partial charge in [-0.1, -0.05) is 25.7 Å². The molecule has 7 nitrogen and oxygen atoms in total. The number of ether oxygens (including phenoxy) is 1. The Labute approximate surface area is 147 Å². The SMILES string of the molecule is NC(=O)CNC(=O)c1ccc(OCC(=O)NC2CCCCCC2)cc1. The van der Waals surface area contributed by atoms with E-state index in [0.29, 0.717) is 11.3 Å². The highest BCUT2D eigenvalue weighted by Crippen LogP contribution is 2.17. The van der Waals surface area contributed by atoms with Crippen molar-refractivity contribution in [2.45, 2.75) is 44.6 Å². The van der Waals surface area contributed by atoms with Gasteiger partial charge in [0, 0.05) is 11.6 Å². The molecule has 3 amide bonds. The molecule has 0 aromatic heterocycles. The molecule has 136 valence electrons. The summed E-state index contributed by atoms with van der Waals surface area (Å²) in [4.78, 5) is 34.4. The minimum atomic E-state index is -0.604. The maximum atomic E-state index is 12.0. The summed E-state index contributed by atoms with van der Waals surface area (Å²) in [5.41, 5.74) is 5.36. The lowest BCUT2D eigenvalue weighted by atomic mass is 10.1. The van der Waals surface area contributed by atoms with Gasteiger partial charge in [0.15, 0.2) is 6.61 Å². The van der Waals surface area contributed by atoms with Gasteiger partial charge < -0.3 is 21.1 Å². The zero-order valence-corrected chi connectivity index (χ0v) is 14.3. The summed E-state index contributed by atoms with van der Waals surface area (Å²) < 4.78 is 5.46. The van der Waals surface area contributed by atoms with Crippen LogP contribution in [0.1, 0.15) is 48.9 Å². The molecule has 0 spiro atoms. The Hall–Kier alpha value is -2.57. The molecule has 0 radical (unpaired) electrons. The highest BCUT2D eigenvalue weighted by molar-refractivity contribution is 5.96. The van der Waals surface area contributed by atoms with Crippen molar-refractivity contribution < 1.29 is 19.1 Å². The number of benzene rings is 1. The number of carbonyl (C=O) groups is 3. The van der Waals surface area contributed by atoms with Crippen LogP contribution in [-0.2, 0) is 9.59 Å². The molecule has 1 saturated carbocycles. The topological polar surface area (TPSA) is 111 Å². The molecule has 25 heavy (non-hydrogen) atoms. The molecule has 1 aromatic carbocycles. The number of rotatable bonds is 7. The summed E-state index contributed by atoms with van der Waals surface area (Å²) in [6.45, 7) is -0.262. The molecule has 1 fully saturated rings. The molecule has 4 N–H and O–H groups in total. The normalized spacial score (nSPS) is 15.0. The third kappa shape index (κ3) is 6.82. The maximum Gasteiger partial charge on any atom is 0.258 e. The standard InChI is InChI=1S/C18H25N3O4/c19-16(22)11-20-18(24)13-7-9-15(10-8-13)25-12-17(23)21-14-5-3-1-2-4-6-14/h7-10,14H,1-6,11-12H2,(H2,19,22)(H,20,24)(H,21,23). The van der Waals surface area contributed by atoms with Crippen LogP contribution in [0.5, 0.6) is 5.75 Å². The Morgan fingerprint density at radius 1 is 1.04 bits per heavy atom. The highest BCUT2D eigenvalue weighted by atomic mass is 16.5. The first-order valence-corrected chi connectivity index (χ1v) is 8.63. The Bertz CT molecular complexity index is 593. The summed E-state index contributed by atoms with van der Waals surface area (Å²) in [7, 11) is 0. The van der Waals surface area contributed by atoms with Gasteiger partial charge in [-0.25, -0.2) is 0 Å². The van der Waals surface area contributed by atoms with Gasteiger partial charge in [0.25, 0.3) is 11.8 Å². The number of primary amides is 1. The predicted molar refractivity (Wildman–Crippen MR) is 93.1 cm³/mol. The zero-order valence-electron chi connectivity index (χ0n) is 14.3. The molecule has 1 aromatic rings. The Kier molecular flexibility index (Phi) is 7.25. The van der Waals surface area contributed by atoms with Crippen molar-refractivity contribution in [2.24, 2.45) is 5.73 Å². The second kappa shape index (κ2) is 9.66. The zero-order chi connectivity index (χ0) is 18.1. The molecular formula is C18H25N3O4. The molecule has 0 aliphatic heterocycles. The fourth-order valence-electron chi connectivity index (χ4n) is 2.81. The lowest BCUT2D eigenvalue weighted by Gasteiger charge is -2.16. The fraction of sp³-hybridized carbons (Fsp3) is 0.500. The van der Waals surface area contributed by atoms with E-state index in [1.807, 2.05) is 0 Å². The van der Waals surface area contributed by atoms with Gasteiger partial charge in [-0.15, -0.1) is 0 Å². The van der Waals surface area contributed by atoms with Crippen molar-refractivity contribution in [1.29, 1.82) is 0 Å². The number of amides is 3. The monoisotopic (exact) mass is 347 g/mol. The second-order valence-electron chi connectivity index (χ2n) is 6.22. The largest absolute Gasteiger partial charge is 0.484 e. The van der Waals surface area contributed by atoms with Crippen LogP contribution in [0.3, 0.4) is 0 Å². The quantitative estimate of drug-likeness (QED) is 0.642. The third-order valence-corrected chi connectivity index (χ3v) is 4.13. The van der Waals surface area contributed by atoms with Gasteiger partial charge in [0.1, 0.15) is 5.75 Å². The first-order chi connectivity index (χ1) is 12.0. The van der Waals surface area contributed by atoms with E-state index in [4.69, 9.17) is 10.5 Å². The molecule has 1 aliphatic carbocycles. The number of nitrogens with one attached hydrogen (secondary N) is 2. The van der Waals surface area contributed by atoms with Crippen LogP contribution in [-0.4, -0.2) is 36.9 Å². The van der Waals surface area contributed by atoms with Crippen molar-refractivity contribution in [3.05, 3.63) is 29.8 Å². The predicted octanol–water partition coefficient (Wildman–Crippen LogP) is 1.12. The third-order valence-electron chi connectivity index (χ3n) is 4.13. The molecule has 7 heteroatoms. The summed E-state index contributed by atoms with van der Waals surface area (Å²) in [6.07, 6.45) is 6.85. The molecule has 0 atom stereocenters. The first-order valence-electron chi connectivity index (χ1n) is 8.63. The van der Waals surface area contributed by atoms with Gasteiger partial charge in [-0.3, -0.25) is 14.4 Å². The number of nitrogens with two attached hydrogens (primary N) is 1. The lowest BCUT2D eigenvalue weighted by Crippen LogP contribution is -2.37. The number of hydrogen-bond donors (Lipinski definition) is 3. The van der Waals surface area contributed by atoms with E-state index in [0.717, 1.165) is 25.7 Å². The van der Waals surface area contributed by atoms with Crippen molar-refractivity contribution in [3.8, 4) is 5.75 Å². The summed E-state index contributed by atoms with van der Waals surface area (Å²) in [6, 6.07) is 6.59. The van der Waals surface area contributed by atoms with Gasteiger partial charge in [-0.05, 0) is 37.1 Å². The van der Waals surface area contributed by atoms with Crippen molar-refractivity contribution in [2.75, 3.05) is 13.2 Å². The fourth-order valence-corrected chi connectivity index (χ4v) is 2.81. The van der Waals surface area contributed by atoms with Crippen LogP contribution >= 0.6 is 0 Å². The maximum absolute atomic E-state index is 12.0. The summed E-state index contributed by atoms with van der Waals surface area (Å²) in [5, 5.41) is 5.41. The second-order valence-corrected chi connectivity index (χ2v) is 6.22. The number of hydrogen-bond acceptors (Lipinski definition) is 4. The average Bonchev–Trinajstić information content (AvgIpc) is 2.87. The van der Waals surface area contributed by atoms with Crippen LogP contribution in [0.2, 0.25) is 0 Å². The van der Waals surface area contributed by atoms with Gasteiger partial charge >= 0.3 is 0 Å². The van der Waals surface area contributed by atoms with Crippen molar-refractivity contribution in [3.63, 3.8) is 0 Å². The van der Waals surface area contributed by atoms with Gasteiger partial charge in [-0.2, -0.15) is 0 Å². The van der Waals surface area contributed by atoms with E-state index >= 15 is 0 Å². The van der Waals surface area contributed by atoms with E-state index in [2.05, 4.69) is 10.6 Å². The first kappa shape index (κ1) is 18.8. The molecule has 1 aliphatic rings. The molecular weight excluding hydrogens is 322 g/mol. The molecule has 0 saturated heterocycles. The average molecular weight is 347 g/mol. The van der Waals surface area contributed by atoms with E-state index < -0.39 is 11.8 Å². The molecule has 2 rings (SSSR count). The number of carbonyl (C=O) groups excluding carboxylic acids is 3. The molecule has 0 unspecified atom stereocenters. The Morgan fingerprint density at radius 3 is 2.28 bits per heavy atom. The molecule has 0 heterocycles. The smallest absolute Gasteiger partial charge is 0.258 e. The summed E-state index contributed by atoms with van der Waals surface area (Å²) in [5.74, 6) is -0.623. The van der Waals surface area contributed by atoms with Crippen LogP contribution in [0.4, 0.5) is 0 Å². The minimum absolute atomic E-state index is 0.0519. The van der Waals surface area contributed by atoms with Crippen molar-refractivity contribution in [1.82, 2.24) is 10.6 Å². The lowest BCUT2D eigenvalue weighted by molar-refractivity contribution is -0.124. The van der Waals surface area contributed by atoms with Crippen LogP contribution in [0.25, 0.3) is 0 Å². The Morgan fingerprint density at radius 2 is 1.68 bits per heavy atom.